The fourth-order valence-corrected chi connectivity index (χ4v) is 2.36. The van der Waals surface area contributed by atoms with Crippen LogP contribution < -0.4 is 0 Å². The van der Waals surface area contributed by atoms with Crippen LogP contribution in [0.2, 0.25) is 0 Å². The Morgan fingerprint density at radius 3 is 2.82 bits per heavy atom. The zero-order valence-electron chi connectivity index (χ0n) is 11.4. The molecule has 0 amide bonds. The Morgan fingerprint density at radius 1 is 1.35 bits per heavy atom. The zero-order valence-corrected chi connectivity index (χ0v) is 11.4. The van der Waals surface area contributed by atoms with Gasteiger partial charge in [-0.25, -0.2) is 0 Å². The van der Waals surface area contributed by atoms with Gasteiger partial charge in [0.15, 0.2) is 0 Å². The first kappa shape index (κ1) is 14.9. The van der Waals surface area contributed by atoms with Crippen molar-refractivity contribution in [2.24, 2.45) is 5.92 Å². The lowest BCUT2D eigenvalue weighted by Crippen LogP contribution is -2.46. The quantitative estimate of drug-likeness (QED) is 0.683. The molecule has 102 valence electrons. The summed E-state index contributed by atoms with van der Waals surface area (Å²) < 4.78 is 10.2. The lowest BCUT2D eigenvalue weighted by atomic mass is 9.92. The molecule has 1 fully saturated rings. The minimum atomic E-state index is -0.389. The van der Waals surface area contributed by atoms with Crippen LogP contribution in [0.15, 0.2) is 0 Å². The number of rotatable bonds is 7. The molecule has 4 heteroatoms. The van der Waals surface area contributed by atoms with Crippen molar-refractivity contribution in [3.05, 3.63) is 0 Å². The van der Waals surface area contributed by atoms with Crippen LogP contribution in [0.3, 0.4) is 0 Å². The lowest BCUT2D eigenvalue weighted by Gasteiger charge is -2.38. The van der Waals surface area contributed by atoms with Crippen molar-refractivity contribution in [2.45, 2.75) is 38.8 Å². The van der Waals surface area contributed by atoms with E-state index >= 15 is 0 Å². The average molecular weight is 245 g/mol. The molecule has 3 atom stereocenters. The van der Waals surface area contributed by atoms with E-state index in [1.165, 1.54) is 12.8 Å². The molecule has 1 N–H and O–H groups in total. The van der Waals surface area contributed by atoms with Crippen molar-refractivity contribution in [1.82, 2.24) is 4.90 Å². The normalized spacial score (nSPS) is 28.2. The van der Waals surface area contributed by atoms with Crippen LogP contribution in [0.1, 0.15) is 26.7 Å². The Balaban J connectivity index is 2.18. The van der Waals surface area contributed by atoms with Crippen molar-refractivity contribution in [3.8, 4) is 0 Å². The van der Waals surface area contributed by atoms with E-state index in [9.17, 15) is 5.11 Å². The summed E-state index contributed by atoms with van der Waals surface area (Å²) in [4.78, 5) is 2.37. The summed E-state index contributed by atoms with van der Waals surface area (Å²) in [7, 11) is 1.65. The Kier molecular flexibility index (Phi) is 7.04. The lowest BCUT2D eigenvalue weighted by molar-refractivity contribution is -0.0147. The first-order valence-corrected chi connectivity index (χ1v) is 6.64. The SMILES string of the molecule is COCCOCC(O)CN1CCCC(C)C1C. The van der Waals surface area contributed by atoms with Gasteiger partial charge in [-0.15, -0.1) is 0 Å². The van der Waals surface area contributed by atoms with E-state index in [1.807, 2.05) is 0 Å². The maximum absolute atomic E-state index is 9.90. The molecular formula is C13H27NO3. The molecule has 0 aliphatic carbocycles. The molecule has 0 saturated carbocycles. The number of aliphatic hydroxyl groups excluding tert-OH is 1. The molecule has 0 aromatic rings. The highest BCUT2D eigenvalue weighted by atomic mass is 16.5. The number of likely N-dealkylation sites (tertiary alicyclic amines) is 1. The molecule has 0 aromatic heterocycles. The zero-order chi connectivity index (χ0) is 12.7. The Morgan fingerprint density at radius 2 is 2.12 bits per heavy atom. The highest BCUT2D eigenvalue weighted by Gasteiger charge is 2.25. The monoisotopic (exact) mass is 245 g/mol. The van der Waals surface area contributed by atoms with Gasteiger partial charge in [0.25, 0.3) is 0 Å². The maximum atomic E-state index is 9.90. The van der Waals surface area contributed by atoms with E-state index in [1.54, 1.807) is 7.11 Å². The molecule has 1 rings (SSSR count). The second-order valence-corrected chi connectivity index (χ2v) is 5.08. The molecule has 1 saturated heterocycles. The van der Waals surface area contributed by atoms with E-state index in [2.05, 4.69) is 18.7 Å². The number of methoxy groups -OCH3 is 1. The summed E-state index contributed by atoms with van der Waals surface area (Å²) >= 11 is 0. The molecule has 0 spiro atoms. The average Bonchev–Trinajstić information content (AvgIpc) is 2.31. The van der Waals surface area contributed by atoms with Gasteiger partial charge in [0.2, 0.25) is 0 Å². The van der Waals surface area contributed by atoms with Gasteiger partial charge in [0.05, 0.1) is 25.9 Å². The molecule has 1 aliphatic rings. The predicted molar refractivity (Wildman–Crippen MR) is 68.1 cm³/mol. The molecule has 4 nitrogen and oxygen atoms in total. The van der Waals surface area contributed by atoms with Crippen molar-refractivity contribution in [3.63, 3.8) is 0 Å². The Labute approximate surface area is 105 Å². The van der Waals surface area contributed by atoms with Crippen molar-refractivity contribution in [1.29, 1.82) is 0 Å². The van der Waals surface area contributed by atoms with Crippen LogP contribution in [-0.2, 0) is 9.47 Å². The fraction of sp³-hybridized carbons (Fsp3) is 1.00. The standard InChI is InChI=1S/C13H27NO3/c1-11-5-4-6-14(12(11)2)9-13(15)10-17-8-7-16-3/h11-13,15H,4-10H2,1-3H3. The molecule has 0 radical (unpaired) electrons. The second-order valence-electron chi connectivity index (χ2n) is 5.08. The van der Waals surface area contributed by atoms with Gasteiger partial charge < -0.3 is 14.6 Å². The van der Waals surface area contributed by atoms with Gasteiger partial charge in [0, 0.05) is 19.7 Å². The summed E-state index contributed by atoms with van der Waals surface area (Å²) in [5.74, 6) is 0.727. The highest BCUT2D eigenvalue weighted by Crippen LogP contribution is 2.22. The Bertz CT molecular complexity index is 201. The van der Waals surface area contributed by atoms with Gasteiger partial charge >= 0.3 is 0 Å². The van der Waals surface area contributed by atoms with Crippen LogP contribution >= 0.6 is 0 Å². The molecular weight excluding hydrogens is 218 g/mol. The van der Waals surface area contributed by atoms with Crippen molar-refractivity contribution >= 4 is 0 Å². The third-order valence-corrected chi connectivity index (χ3v) is 3.69. The molecule has 3 unspecified atom stereocenters. The number of ether oxygens (including phenoxy) is 2. The summed E-state index contributed by atoms with van der Waals surface area (Å²) in [5, 5.41) is 9.90. The third kappa shape index (κ3) is 5.34. The fourth-order valence-electron chi connectivity index (χ4n) is 2.36. The van der Waals surface area contributed by atoms with Crippen LogP contribution in [0, 0.1) is 5.92 Å². The molecule has 0 bridgehead atoms. The van der Waals surface area contributed by atoms with Crippen molar-refractivity contribution < 1.29 is 14.6 Å². The van der Waals surface area contributed by atoms with Gasteiger partial charge in [0.1, 0.15) is 0 Å². The van der Waals surface area contributed by atoms with Crippen LogP contribution in [0.25, 0.3) is 0 Å². The van der Waals surface area contributed by atoms with Crippen LogP contribution in [0.4, 0.5) is 0 Å². The predicted octanol–water partition coefficient (Wildman–Crippen LogP) is 1.13. The minimum Gasteiger partial charge on any atom is -0.389 e. The maximum Gasteiger partial charge on any atom is 0.0900 e. The third-order valence-electron chi connectivity index (χ3n) is 3.69. The topological polar surface area (TPSA) is 41.9 Å². The molecule has 1 aliphatic heterocycles. The smallest absolute Gasteiger partial charge is 0.0900 e. The summed E-state index contributed by atoms with van der Waals surface area (Å²) in [5.41, 5.74) is 0. The van der Waals surface area contributed by atoms with Crippen LogP contribution in [-0.4, -0.2) is 62.2 Å². The van der Waals surface area contributed by atoms with Gasteiger partial charge in [-0.2, -0.15) is 0 Å². The molecule has 1 heterocycles. The summed E-state index contributed by atoms with van der Waals surface area (Å²) in [6.07, 6.45) is 2.15. The summed E-state index contributed by atoms with van der Waals surface area (Å²) in [6, 6.07) is 0.567. The highest BCUT2D eigenvalue weighted by molar-refractivity contribution is 4.80. The number of nitrogens with zero attached hydrogens (tertiary/aromatic N) is 1. The van der Waals surface area contributed by atoms with Gasteiger partial charge in [-0.1, -0.05) is 6.92 Å². The number of aliphatic hydroxyl groups is 1. The van der Waals surface area contributed by atoms with Crippen LogP contribution in [0.5, 0.6) is 0 Å². The number of hydrogen-bond donors (Lipinski definition) is 1. The van der Waals surface area contributed by atoms with E-state index in [0.29, 0.717) is 25.9 Å². The second kappa shape index (κ2) is 8.03. The first-order valence-electron chi connectivity index (χ1n) is 6.64. The Hall–Kier alpha value is -0.160. The summed E-state index contributed by atoms with van der Waals surface area (Å²) in [6.45, 7) is 7.91. The minimum absolute atomic E-state index is 0.389. The van der Waals surface area contributed by atoms with E-state index in [0.717, 1.165) is 19.0 Å². The van der Waals surface area contributed by atoms with Gasteiger partial charge in [-0.05, 0) is 32.2 Å². The largest absolute Gasteiger partial charge is 0.389 e. The number of hydrogen-bond acceptors (Lipinski definition) is 4. The first-order chi connectivity index (χ1) is 8.15. The molecule has 0 aromatic carbocycles. The molecule has 17 heavy (non-hydrogen) atoms. The van der Waals surface area contributed by atoms with E-state index < -0.39 is 0 Å². The number of β-amino-alcohol motifs (C(OH)–C–C–N with tert-alkyl or cyclic N) is 1. The van der Waals surface area contributed by atoms with Crippen molar-refractivity contribution in [2.75, 3.05) is 40.0 Å². The van der Waals surface area contributed by atoms with E-state index in [-0.39, 0.29) is 6.10 Å². The number of piperidine rings is 1. The van der Waals surface area contributed by atoms with E-state index in [4.69, 9.17) is 9.47 Å². The van der Waals surface area contributed by atoms with Gasteiger partial charge in [-0.3, -0.25) is 4.90 Å².